The molecular weight excluding hydrogens is 334 g/mol. The van der Waals surface area contributed by atoms with Crippen molar-refractivity contribution in [1.82, 2.24) is 15.2 Å². The summed E-state index contributed by atoms with van der Waals surface area (Å²) in [7, 11) is 1.73. The first-order valence-corrected chi connectivity index (χ1v) is 8.26. The molecule has 0 atom stereocenters. The van der Waals surface area contributed by atoms with Gasteiger partial charge in [-0.25, -0.2) is 0 Å². The summed E-state index contributed by atoms with van der Waals surface area (Å²) in [5, 5.41) is 7.81. The maximum atomic E-state index is 12.5. The summed E-state index contributed by atoms with van der Waals surface area (Å²) >= 11 is 0. The van der Waals surface area contributed by atoms with Crippen LogP contribution in [0.2, 0.25) is 0 Å². The van der Waals surface area contributed by atoms with Crippen molar-refractivity contribution in [3.63, 3.8) is 0 Å². The van der Waals surface area contributed by atoms with Gasteiger partial charge in [0.2, 0.25) is 0 Å². The fraction of sp³-hybridized carbons (Fsp3) is 0.316. The molecule has 136 valence electrons. The smallest absolute Gasteiger partial charge is 0.253 e. The molecule has 3 aromatic rings. The number of benzene rings is 1. The zero-order valence-electron chi connectivity index (χ0n) is 15.3. The molecule has 2 aromatic heterocycles. The van der Waals surface area contributed by atoms with E-state index in [9.17, 15) is 4.79 Å². The predicted octanol–water partition coefficient (Wildman–Crippen LogP) is 3.44. The Balaban J connectivity index is 1.60. The standard InChI is InChI=1S/C19H21N3O4/c1-12-9-16(21-25-12)10-22(4)19(23)15-5-7-17(8-6-15)24-11-18-13(2)20-26-14(18)3/h5-9H,10-11H2,1-4H3. The molecule has 0 N–H and O–H groups in total. The number of carbonyl (C=O) groups is 1. The quantitative estimate of drug-likeness (QED) is 0.674. The van der Waals surface area contributed by atoms with Gasteiger partial charge in [0.15, 0.2) is 0 Å². The summed E-state index contributed by atoms with van der Waals surface area (Å²) in [5.74, 6) is 2.05. The Morgan fingerprint density at radius 1 is 1.12 bits per heavy atom. The maximum absolute atomic E-state index is 12.5. The SMILES string of the molecule is Cc1cc(CN(C)C(=O)c2ccc(OCc3c(C)noc3C)cc2)no1. The van der Waals surface area contributed by atoms with E-state index < -0.39 is 0 Å². The first kappa shape index (κ1) is 17.7. The topological polar surface area (TPSA) is 81.6 Å². The Bertz CT molecular complexity index is 876. The van der Waals surface area contributed by atoms with Crippen molar-refractivity contribution < 1.29 is 18.6 Å². The summed E-state index contributed by atoms with van der Waals surface area (Å²) < 4.78 is 15.9. The van der Waals surface area contributed by atoms with Crippen LogP contribution in [0, 0.1) is 20.8 Å². The molecule has 0 radical (unpaired) electrons. The molecule has 2 heterocycles. The first-order valence-electron chi connectivity index (χ1n) is 8.26. The van der Waals surface area contributed by atoms with Gasteiger partial charge in [-0.2, -0.15) is 0 Å². The highest BCUT2D eigenvalue weighted by molar-refractivity contribution is 5.94. The van der Waals surface area contributed by atoms with Gasteiger partial charge >= 0.3 is 0 Å². The first-order chi connectivity index (χ1) is 12.4. The van der Waals surface area contributed by atoms with Crippen molar-refractivity contribution in [3.8, 4) is 5.75 Å². The van der Waals surface area contributed by atoms with Crippen LogP contribution < -0.4 is 4.74 Å². The number of amides is 1. The third-order valence-electron chi connectivity index (χ3n) is 4.09. The van der Waals surface area contributed by atoms with Crippen LogP contribution in [0.15, 0.2) is 39.4 Å². The average Bonchev–Trinajstić information content (AvgIpc) is 3.18. The second-order valence-electron chi connectivity index (χ2n) is 6.21. The third-order valence-corrected chi connectivity index (χ3v) is 4.09. The predicted molar refractivity (Wildman–Crippen MR) is 93.8 cm³/mol. The lowest BCUT2D eigenvalue weighted by atomic mass is 10.2. The van der Waals surface area contributed by atoms with E-state index >= 15 is 0 Å². The summed E-state index contributed by atoms with van der Waals surface area (Å²) in [6, 6.07) is 8.86. The number of carbonyl (C=O) groups excluding carboxylic acids is 1. The number of aryl methyl sites for hydroxylation is 3. The lowest BCUT2D eigenvalue weighted by Crippen LogP contribution is -2.26. The summed E-state index contributed by atoms with van der Waals surface area (Å²) in [6.07, 6.45) is 0. The van der Waals surface area contributed by atoms with Crippen molar-refractivity contribution in [2.24, 2.45) is 0 Å². The van der Waals surface area contributed by atoms with Crippen LogP contribution in [0.25, 0.3) is 0 Å². The molecule has 7 heteroatoms. The number of rotatable bonds is 6. The molecule has 0 saturated carbocycles. The van der Waals surface area contributed by atoms with Gasteiger partial charge in [-0.15, -0.1) is 0 Å². The van der Waals surface area contributed by atoms with E-state index in [1.807, 2.05) is 26.8 Å². The second-order valence-corrected chi connectivity index (χ2v) is 6.21. The number of hydrogen-bond donors (Lipinski definition) is 0. The normalized spacial score (nSPS) is 10.8. The molecule has 0 fully saturated rings. The molecular formula is C19H21N3O4. The molecule has 0 aliphatic heterocycles. The monoisotopic (exact) mass is 355 g/mol. The molecule has 1 amide bonds. The molecule has 0 aliphatic rings. The zero-order valence-corrected chi connectivity index (χ0v) is 15.3. The van der Waals surface area contributed by atoms with E-state index in [-0.39, 0.29) is 5.91 Å². The molecule has 0 unspecified atom stereocenters. The Labute approximate surface area is 151 Å². The molecule has 3 rings (SSSR count). The molecule has 0 spiro atoms. The van der Waals surface area contributed by atoms with Crippen molar-refractivity contribution >= 4 is 5.91 Å². The van der Waals surface area contributed by atoms with Crippen molar-refractivity contribution in [2.75, 3.05) is 7.05 Å². The lowest BCUT2D eigenvalue weighted by Gasteiger charge is -2.15. The molecule has 0 aliphatic carbocycles. The van der Waals surface area contributed by atoms with E-state index in [1.165, 1.54) is 0 Å². The number of aromatic nitrogens is 2. The summed E-state index contributed by atoms with van der Waals surface area (Å²) in [4.78, 5) is 14.1. The van der Waals surface area contributed by atoms with Crippen LogP contribution in [0.3, 0.4) is 0 Å². The van der Waals surface area contributed by atoms with Gasteiger partial charge < -0.3 is 18.7 Å². The summed E-state index contributed by atoms with van der Waals surface area (Å²) in [5.41, 5.74) is 3.06. The van der Waals surface area contributed by atoms with Crippen LogP contribution in [0.4, 0.5) is 0 Å². The molecule has 1 aromatic carbocycles. The number of hydrogen-bond acceptors (Lipinski definition) is 6. The van der Waals surface area contributed by atoms with E-state index in [1.54, 1.807) is 36.2 Å². The minimum atomic E-state index is -0.0945. The van der Waals surface area contributed by atoms with Crippen LogP contribution in [0.1, 0.15) is 38.8 Å². The molecule has 0 bridgehead atoms. The van der Waals surface area contributed by atoms with Gasteiger partial charge in [0.25, 0.3) is 5.91 Å². The fourth-order valence-corrected chi connectivity index (χ4v) is 2.58. The second kappa shape index (κ2) is 7.43. The highest BCUT2D eigenvalue weighted by Gasteiger charge is 2.14. The van der Waals surface area contributed by atoms with Crippen molar-refractivity contribution in [2.45, 2.75) is 33.9 Å². The van der Waals surface area contributed by atoms with E-state index in [2.05, 4.69) is 10.3 Å². The lowest BCUT2D eigenvalue weighted by molar-refractivity contribution is 0.0782. The van der Waals surface area contributed by atoms with Gasteiger partial charge in [-0.05, 0) is 45.0 Å². The number of nitrogens with zero attached hydrogens (tertiary/aromatic N) is 3. The maximum Gasteiger partial charge on any atom is 0.253 e. The van der Waals surface area contributed by atoms with Crippen molar-refractivity contribution in [3.05, 3.63) is 64.4 Å². The molecule has 0 saturated heterocycles. The van der Waals surface area contributed by atoms with Crippen LogP contribution in [-0.4, -0.2) is 28.2 Å². The van der Waals surface area contributed by atoms with Gasteiger partial charge in [0, 0.05) is 18.7 Å². The zero-order chi connectivity index (χ0) is 18.7. The van der Waals surface area contributed by atoms with Gasteiger partial charge in [0.05, 0.1) is 17.8 Å². The average molecular weight is 355 g/mol. The number of ether oxygens (including phenoxy) is 1. The van der Waals surface area contributed by atoms with Gasteiger partial charge in [-0.3, -0.25) is 4.79 Å². The van der Waals surface area contributed by atoms with Gasteiger partial charge in [-0.1, -0.05) is 10.3 Å². The Morgan fingerprint density at radius 2 is 1.85 bits per heavy atom. The largest absolute Gasteiger partial charge is 0.489 e. The van der Waals surface area contributed by atoms with Crippen LogP contribution in [0.5, 0.6) is 5.75 Å². The molecule has 26 heavy (non-hydrogen) atoms. The Kier molecular flexibility index (Phi) is 5.06. The van der Waals surface area contributed by atoms with E-state index in [4.69, 9.17) is 13.8 Å². The fourth-order valence-electron chi connectivity index (χ4n) is 2.58. The molecule has 7 nitrogen and oxygen atoms in total. The highest BCUT2D eigenvalue weighted by Crippen LogP contribution is 2.18. The minimum Gasteiger partial charge on any atom is -0.489 e. The van der Waals surface area contributed by atoms with E-state index in [0.717, 1.165) is 28.5 Å². The summed E-state index contributed by atoms with van der Waals surface area (Å²) in [6.45, 7) is 6.32. The Morgan fingerprint density at radius 3 is 2.42 bits per heavy atom. The minimum absolute atomic E-state index is 0.0945. The van der Waals surface area contributed by atoms with Crippen molar-refractivity contribution in [1.29, 1.82) is 0 Å². The van der Waals surface area contributed by atoms with E-state index in [0.29, 0.717) is 24.5 Å². The third kappa shape index (κ3) is 3.93. The van der Waals surface area contributed by atoms with Crippen LogP contribution >= 0.6 is 0 Å². The Hall–Kier alpha value is -3.09. The highest BCUT2D eigenvalue weighted by atomic mass is 16.5. The van der Waals surface area contributed by atoms with Gasteiger partial charge in [0.1, 0.15) is 29.6 Å². The van der Waals surface area contributed by atoms with Crippen LogP contribution in [-0.2, 0) is 13.2 Å².